The Kier molecular flexibility index (Phi) is 3.53. The van der Waals surface area contributed by atoms with Gasteiger partial charge in [-0.25, -0.2) is 0 Å². The van der Waals surface area contributed by atoms with Crippen LogP contribution in [0.5, 0.6) is 0 Å². The third-order valence-corrected chi connectivity index (χ3v) is 3.33. The van der Waals surface area contributed by atoms with Crippen LogP contribution in [0.2, 0.25) is 0 Å². The summed E-state index contributed by atoms with van der Waals surface area (Å²) in [6.07, 6.45) is 4.00. The van der Waals surface area contributed by atoms with Gasteiger partial charge in [-0.05, 0) is 31.7 Å². The van der Waals surface area contributed by atoms with E-state index < -0.39 is 0 Å². The molecule has 84 valence electrons. The van der Waals surface area contributed by atoms with Crippen LogP contribution in [0.1, 0.15) is 31.2 Å². The van der Waals surface area contributed by atoms with Crippen LogP contribution in [-0.4, -0.2) is 28.2 Å². The minimum atomic E-state index is 0.577. The first kappa shape index (κ1) is 10.8. The van der Waals surface area contributed by atoms with Gasteiger partial charge in [0.1, 0.15) is 5.01 Å². The van der Waals surface area contributed by atoms with E-state index in [0.717, 1.165) is 24.0 Å². The smallest absolute Gasteiger partial charge is 0.203 e. The third-order valence-electron chi connectivity index (χ3n) is 2.59. The standard InChI is InChI=1S/C10H18N4S/c1-2-5-14(6-8-3-4-8)7-9-12-13-10(11)15-9/h8H,2-7H2,1H3,(H2,11,13). The number of rotatable bonds is 6. The van der Waals surface area contributed by atoms with Gasteiger partial charge in [-0.15, -0.1) is 10.2 Å². The van der Waals surface area contributed by atoms with Crippen LogP contribution in [0.25, 0.3) is 0 Å². The number of aromatic nitrogens is 2. The van der Waals surface area contributed by atoms with Crippen molar-refractivity contribution in [3.8, 4) is 0 Å². The van der Waals surface area contributed by atoms with Gasteiger partial charge in [-0.1, -0.05) is 18.3 Å². The molecule has 0 saturated heterocycles. The Balaban J connectivity index is 1.86. The quantitative estimate of drug-likeness (QED) is 0.803. The average molecular weight is 226 g/mol. The van der Waals surface area contributed by atoms with Crippen LogP contribution in [0.3, 0.4) is 0 Å². The van der Waals surface area contributed by atoms with Gasteiger partial charge in [0, 0.05) is 6.54 Å². The Hall–Kier alpha value is -0.680. The third kappa shape index (κ3) is 3.43. The molecule has 1 heterocycles. The van der Waals surface area contributed by atoms with Crippen molar-refractivity contribution in [2.75, 3.05) is 18.8 Å². The average Bonchev–Trinajstić information content (AvgIpc) is 2.90. The Morgan fingerprint density at radius 1 is 1.47 bits per heavy atom. The molecule has 0 aromatic carbocycles. The fraction of sp³-hybridized carbons (Fsp3) is 0.800. The highest BCUT2D eigenvalue weighted by Gasteiger charge is 2.24. The maximum atomic E-state index is 5.57. The van der Waals surface area contributed by atoms with Crippen molar-refractivity contribution >= 4 is 16.5 Å². The van der Waals surface area contributed by atoms with Crippen LogP contribution in [0, 0.1) is 5.92 Å². The fourth-order valence-corrected chi connectivity index (χ4v) is 2.39. The SMILES string of the molecule is CCCN(Cc1nnc(N)s1)CC1CC1. The van der Waals surface area contributed by atoms with Crippen molar-refractivity contribution in [1.82, 2.24) is 15.1 Å². The van der Waals surface area contributed by atoms with Gasteiger partial charge in [0.15, 0.2) is 0 Å². The lowest BCUT2D eigenvalue weighted by Crippen LogP contribution is -2.26. The molecule has 0 amide bonds. The van der Waals surface area contributed by atoms with Crippen LogP contribution in [-0.2, 0) is 6.54 Å². The van der Waals surface area contributed by atoms with E-state index in [1.807, 2.05) is 0 Å². The van der Waals surface area contributed by atoms with Crippen LogP contribution in [0.4, 0.5) is 5.13 Å². The predicted molar refractivity (Wildman–Crippen MR) is 62.6 cm³/mol. The molecule has 0 aliphatic heterocycles. The molecule has 0 radical (unpaired) electrons. The Morgan fingerprint density at radius 2 is 2.27 bits per heavy atom. The maximum absolute atomic E-state index is 5.57. The summed E-state index contributed by atoms with van der Waals surface area (Å²) >= 11 is 1.50. The first-order valence-electron chi connectivity index (χ1n) is 5.58. The molecular formula is C10H18N4S. The van der Waals surface area contributed by atoms with Gasteiger partial charge >= 0.3 is 0 Å². The van der Waals surface area contributed by atoms with Crippen molar-refractivity contribution in [3.05, 3.63) is 5.01 Å². The highest BCUT2D eigenvalue weighted by molar-refractivity contribution is 7.15. The van der Waals surface area contributed by atoms with Gasteiger partial charge in [-0.2, -0.15) is 0 Å². The summed E-state index contributed by atoms with van der Waals surface area (Å²) in [5.74, 6) is 0.932. The summed E-state index contributed by atoms with van der Waals surface area (Å²) in [4.78, 5) is 2.47. The Bertz CT molecular complexity index is 308. The second-order valence-corrected chi connectivity index (χ2v) is 5.31. The lowest BCUT2D eigenvalue weighted by atomic mass is 10.3. The predicted octanol–water partition coefficient (Wildman–Crippen LogP) is 1.74. The zero-order chi connectivity index (χ0) is 10.7. The summed E-state index contributed by atoms with van der Waals surface area (Å²) < 4.78 is 0. The molecule has 15 heavy (non-hydrogen) atoms. The molecule has 2 N–H and O–H groups in total. The summed E-state index contributed by atoms with van der Waals surface area (Å²) in [5, 5.41) is 9.53. The molecule has 0 bridgehead atoms. The van der Waals surface area contributed by atoms with E-state index in [1.165, 1.54) is 37.1 Å². The molecule has 1 aromatic rings. The lowest BCUT2D eigenvalue weighted by Gasteiger charge is -2.19. The first-order chi connectivity index (χ1) is 7.28. The minimum absolute atomic E-state index is 0.577. The van der Waals surface area contributed by atoms with Crippen molar-refractivity contribution in [3.63, 3.8) is 0 Å². The van der Waals surface area contributed by atoms with E-state index in [0.29, 0.717) is 5.13 Å². The number of hydrogen-bond acceptors (Lipinski definition) is 5. The highest BCUT2D eigenvalue weighted by atomic mass is 32.1. The molecule has 1 aromatic heterocycles. The summed E-state index contributed by atoms with van der Waals surface area (Å²) in [6.45, 7) is 5.50. The van der Waals surface area contributed by atoms with E-state index >= 15 is 0 Å². The van der Waals surface area contributed by atoms with Crippen LogP contribution in [0.15, 0.2) is 0 Å². The molecule has 1 saturated carbocycles. The van der Waals surface area contributed by atoms with Gasteiger partial charge in [-0.3, -0.25) is 4.90 Å². The largest absolute Gasteiger partial charge is 0.374 e. The van der Waals surface area contributed by atoms with Gasteiger partial charge < -0.3 is 5.73 Å². The topological polar surface area (TPSA) is 55.0 Å². The summed E-state index contributed by atoms with van der Waals surface area (Å²) in [6, 6.07) is 0. The monoisotopic (exact) mass is 226 g/mol. The van der Waals surface area contributed by atoms with E-state index in [-0.39, 0.29) is 0 Å². The molecule has 1 aliphatic rings. The van der Waals surface area contributed by atoms with Crippen molar-refractivity contribution < 1.29 is 0 Å². The minimum Gasteiger partial charge on any atom is -0.374 e. The molecule has 0 spiro atoms. The number of nitrogens with two attached hydrogens (primary N) is 1. The maximum Gasteiger partial charge on any atom is 0.203 e. The van der Waals surface area contributed by atoms with Gasteiger partial charge in [0.2, 0.25) is 5.13 Å². The molecule has 1 aliphatic carbocycles. The molecular weight excluding hydrogens is 208 g/mol. The van der Waals surface area contributed by atoms with Gasteiger partial charge in [0.25, 0.3) is 0 Å². The zero-order valence-corrected chi connectivity index (χ0v) is 9.96. The second kappa shape index (κ2) is 4.90. The van der Waals surface area contributed by atoms with E-state index in [1.54, 1.807) is 0 Å². The molecule has 1 fully saturated rings. The Morgan fingerprint density at radius 3 is 2.80 bits per heavy atom. The number of nitrogen functional groups attached to an aromatic ring is 1. The zero-order valence-electron chi connectivity index (χ0n) is 9.15. The van der Waals surface area contributed by atoms with Crippen molar-refractivity contribution in [2.45, 2.75) is 32.7 Å². The number of nitrogens with zero attached hydrogens (tertiary/aromatic N) is 3. The van der Waals surface area contributed by atoms with Crippen molar-refractivity contribution in [1.29, 1.82) is 0 Å². The first-order valence-corrected chi connectivity index (χ1v) is 6.39. The number of hydrogen-bond donors (Lipinski definition) is 1. The normalized spacial score (nSPS) is 16.1. The molecule has 2 rings (SSSR count). The second-order valence-electron chi connectivity index (χ2n) is 4.21. The van der Waals surface area contributed by atoms with Crippen LogP contribution < -0.4 is 5.73 Å². The summed E-state index contributed by atoms with van der Waals surface area (Å²) in [7, 11) is 0. The van der Waals surface area contributed by atoms with E-state index in [9.17, 15) is 0 Å². The molecule has 0 atom stereocenters. The Labute approximate surface area is 94.5 Å². The lowest BCUT2D eigenvalue weighted by molar-refractivity contribution is 0.254. The molecule has 4 nitrogen and oxygen atoms in total. The number of anilines is 1. The molecule has 5 heteroatoms. The van der Waals surface area contributed by atoms with E-state index in [4.69, 9.17) is 5.73 Å². The highest BCUT2D eigenvalue weighted by Crippen LogP contribution is 2.30. The van der Waals surface area contributed by atoms with Crippen molar-refractivity contribution in [2.24, 2.45) is 5.92 Å². The summed E-state index contributed by atoms with van der Waals surface area (Å²) in [5.41, 5.74) is 5.57. The van der Waals surface area contributed by atoms with Gasteiger partial charge in [0.05, 0.1) is 6.54 Å². The van der Waals surface area contributed by atoms with E-state index in [2.05, 4.69) is 22.0 Å². The fourth-order valence-electron chi connectivity index (χ4n) is 1.74. The molecule has 0 unspecified atom stereocenters. The van der Waals surface area contributed by atoms with Crippen LogP contribution >= 0.6 is 11.3 Å².